The molecule has 2 amide bonds. The normalized spacial score (nSPS) is 14.4. The largest absolute Gasteiger partial charge is 0.352 e. The molecular formula is C32H38ClN3O4S. The SMILES string of the molecule is CCc1ccccc1N(CC(=O)N(Cc1ccccc1Cl)C(C)C(=O)NC1CCCC1)S(=O)(=O)c1ccc(C)cc1. The predicted molar refractivity (Wildman–Crippen MR) is 163 cm³/mol. The van der Waals surface area contributed by atoms with E-state index in [4.69, 9.17) is 11.6 Å². The van der Waals surface area contributed by atoms with E-state index in [1.54, 1.807) is 61.5 Å². The van der Waals surface area contributed by atoms with Crippen molar-refractivity contribution in [1.82, 2.24) is 10.2 Å². The fourth-order valence-electron chi connectivity index (χ4n) is 5.19. The van der Waals surface area contributed by atoms with Crippen molar-refractivity contribution in [2.24, 2.45) is 0 Å². The van der Waals surface area contributed by atoms with E-state index in [0.29, 0.717) is 22.7 Å². The van der Waals surface area contributed by atoms with Crippen LogP contribution >= 0.6 is 11.6 Å². The average molecular weight is 596 g/mol. The minimum atomic E-state index is -4.12. The van der Waals surface area contributed by atoms with Gasteiger partial charge in [0.25, 0.3) is 10.0 Å². The maximum absolute atomic E-state index is 14.2. The Balaban J connectivity index is 1.72. The van der Waals surface area contributed by atoms with Gasteiger partial charge in [-0.1, -0.05) is 85.5 Å². The molecule has 1 fully saturated rings. The average Bonchev–Trinajstić information content (AvgIpc) is 3.48. The molecule has 1 atom stereocenters. The first kappa shape index (κ1) is 30.6. The van der Waals surface area contributed by atoms with Gasteiger partial charge < -0.3 is 10.2 Å². The van der Waals surface area contributed by atoms with Crippen LogP contribution in [-0.2, 0) is 32.6 Å². The Bertz CT molecular complexity index is 1470. The predicted octanol–water partition coefficient (Wildman–Crippen LogP) is 5.88. The van der Waals surface area contributed by atoms with Crippen molar-refractivity contribution < 1.29 is 18.0 Å². The molecule has 1 aliphatic carbocycles. The van der Waals surface area contributed by atoms with Gasteiger partial charge in [0.15, 0.2) is 0 Å². The Kier molecular flexibility index (Phi) is 10.1. The number of aryl methyl sites for hydroxylation is 2. The summed E-state index contributed by atoms with van der Waals surface area (Å²) in [6.07, 6.45) is 4.52. The number of anilines is 1. The second-order valence-electron chi connectivity index (χ2n) is 10.6. The molecule has 0 heterocycles. The number of carbonyl (C=O) groups is 2. The van der Waals surface area contributed by atoms with Gasteiger partial charge in [0, 0.05) is 17.6 Å². The van der Waals surface area contributed by atoms with E-state index < -0.39 is 28.5 Å². The van der Waals surface area contributed by atoms with Crippen LogP contribution in [0.2, 0.25) is 5.02 Å². The summed E-state index contributed by atoms with van der Waals surface area (Å²) in [4.78, 5) is 29.0. The monoisotopic (exact) mass is 595 g/mol. The van der Waals surface area contributed by atoms with Gasteiger partial charge in [-0.25, -0.2) is 8.42 Å². The van der Waals surface area contributed by atoms with Gasteiger partial charge in [-0.3, -0.25) is 13.9 Å². The molecule has 4 rings (SSSR count). The van der Waals surface area contributed by atoms with Crippen LogP contribution in [0, 0.1) is 6.92 Å². The Morgan fingerprint density at radius 1 is 0.951 bits per heavy atom. The van der Waals surface area contributed by atoms with Crippen LogP contribution in [0.1, 0.15) is 56.2 Å². The number of rotatable bonds is 11. The molecule has 0 spiro atoms. The fourth-order valence-corrected chi connectivity index (χ4v) is 6.84. The zero-order valence-electron chi connectivity index (χ0n) is 23.8. The molecule has 3 aromatic carbocycles. The Labute approximate surface area is 248 Å². The van der Waals surface area contributed by atoms with Crippen LogP contribution in [0.3, 0.4) is 0 Å². The molecule has 1 saturated carbocycles. The molecule has 9 heteroatoms. The first-order valence-electron chi connectivity index (χ1n) is 14.1. The lowest BCUT2D eigenvalue weighted by Gasteiger charge is -2.33. The zero-order valence-corrected chi connectivity index (χ0v) is 25.4. The molecule has 218 valence electrons. The molecule has 0 bridgehead atoms. The summed E-state index contributed by atoms with van der Waals surface area (Å²) in [5.74, 6) is -0.764. The van der Waals surface area contributed by atoms with Crippen molar-refractivity contribution >= 4 is 39.1 Å². The summed E-state index contributed by atoms with van der Waals surface area (Å²) in [5, 5.41) is 3.55. The lowest BCUT2D eigenvalue weighted by Crippen LogP contribution is -2.52. The Hall–Kier alpha value is -3.36. The maximum atomic E-state index is 14.2. The van der Waals surface area contributed by atoms with Gasteiger partial charge in [-0.05, 0) is 68.5 Å². The van der Waals surface area contributed by atoms with Crippen molar-refractivity contribution in [1.29, 1.82) is 0 Å². The lowest BCUT2D eigenvalue weighted by atomic mass is 10.1. The quantitative estimate of drug-likeness (QED) is 0.300. The third-order valence-electron chi connectivity index (χ3n) is 7.70. The van der Waals surface area contributed by atoms with E-state index in [-0.39, 0.29) is 23.4 Å². The topological polar surface area (TPSA) is 86.8 Å². The van der Waals surface area contributed by atoms with Crippen LogP contribution in [0.4, 0.5) is 5.69 Å². The van der Waals surface area contributed by atoms with Gasteiger partial charge in [-0.2, -0.15) is 0 Å². The van der Waals surface area contributed by atoms with E-state index in [1.165, 1.54) is 9.21 Å². The van der Waals surface area contributed by atoms with Crippen LogP contribution in [0.15, 0.2) is 77.7 Å². The van der Waals surface area contributed by atoms with E-state index in [2.05, 4.69) is 5.32 Å². The highest BCUT2D eigenvalue weighted by Gasteiger charge is 2.34. The highest BCUT2D eigenvalue weighted by atomic mass is 35.5. The number of nitrogens with one attached hydrogen (secondary N) is 1. The van der Waals surface area contributed by atoms with Crippen molar-refractivity contribution in [3.63, 3.8) is 0 Å². The molecule has 0 aliphatic heterocycles. The molecule has 41 heavy (non-hydrogen) atoms. The van der Waals surface area contributed by atoms with E-state index >= 15 is 0 Å². The Morgan fingerprint density at radius 2 is 1.56 bits per heavy atom. The third kappa shape index (κ3) is 7.29. The lowest BCUT2D eigenvalue weighted by molar-refractivity contribution is -0.139. The van der Waals surface area contributed by atoms with Gasteiger partial charge in [-0.15, -0.1) is 0 Å². The summed E-state index contributed by atoms with van der Waals surface area (Å²) in [6.45, 7) is 5.09. The van der Waals surface area contributed by atoms with Crippen molar-refractivity contribution in [2.75, 3.05) is 10.8 Å². The molecule has 1 aliphatic rings. The summed E-state index contributed by atoms with van der Waals surface area (Å²) in [6, 6.07) is 20.1. The van der Waals surface area contributed by atoms with E-state index in [9.17, 15) is 18.0 Å². The molecule has 7 nitrogen and oxygen atoms in total. The maximum Gasteiger partial charge on any atom is 0.264 e. The van der Waals surface area contributed by atoms with Gasteiger partial charge in [0.05, 0.1) is 10.6 Å². The molecule has 3 aromatic rings. The number of carbonyl (C=O) groups excluding carboxylic acids is 2. The molecule has 0 saturated heterocycles. The fraction of sp³-hybridized carbons (Fsp3) is 0.375. The second kappa shape index (κ2) is 13.5. The number of halogens is 1. The van der Waals surface area contributed by atoms with E-state index in [1.807, 2.05) is 32.0 Å². The molecule has 1 N–H and O–H groups in total. The molecule has 0 aromatic heterocycles. The number of hydrogen-bond acceptors (Lipinski definition) is 4. The van der Waals surface area contributed by atoms with E-state index in [0.717, 1.165) is 36.8 Å². The number of sulfonamides is 1. The number of hydrogen-bond donors (Lipinski definition) is 1. The van der Waals surface area contributed by atoms with Crippen LogP contribution in [-0.4, -0.2) is 43.8 Å². The van der Waals surface area contributed by atoms with Gasteiger partial charge in [0.2, 0.25) is 11.8 Å². The summed E-state index contributed by atoms with van der Waals surface area (Å²) in [7, 11) is -4.12. The first-order chi connectivity index (χ1) is 19.6. The summed E-state index contributed by atoms with van der Waals surface area (Å²) < 4.78 is 29.3. The van der Waals surface area contributed by atoms with Crippen molar-refractivity contribution in [3.8, 4) is 0 Å². The standard InChI is InChI=1S/C32H38ClN3O4S/c1-4-25-11-6-10-16-30(25)36(41(39,40)28-19-17-23(2)18-20-28)22-31(37)35(21-26-12-5-9-15-29(26)33)24(3)32(38)34-27-13-7-8-14-27/h5-6,9-12,15-20,24,27H,4,7-8,13-14,21-22H2,1-3H3,(H,34,38). The third-order valence-corrected chi connectivity index (χ3v) is 9.84. The van der Waals surface area contributed by atoms with Gasteiger partial charge in [0.1, 0.15) is 12.6 Å². The highest BCUT2D eigenvalue weighted by Crippen LogP contribution is 2.29. The number of amides is 2. The molecule has 0 radical (unpaired) electrons. The summed E-state index contributed by atoms with van der Waals surface area (Å²) in [5.41, 5.74) is 2.82. The number of nitrogens with zero attached hydrogens (tertiary/aromatic N) is 2. The van der Waals surface area contributed by atoms with Crippen molar-refractivity contribution in [2.45, 2.75) is 76.4 Å². The van der Waals surface area contributed by atoms with Crippen molar-refractivity contribution in [3.05, 3.63) is 94.5 Å². The number of para-hydroxylation sites is 1. The van der Waals surface area contributed by atoms with Crippen LogP contribution in [0.5, 0.6) is 0 Å². The zero-order chi connectivity index (χ0) is 29.6. The van der Waals surface area contributed by atoms with Crippen LogP contribution < -0.4 is 9.62 Å². The van der Waals surface area contributed by atoms with Crippen LogP contribution in [0.25, 0.3) is 0 Å². The smallest absolute Gasteiger partial charge is 0.264 e. The highest BCUT2D eigenvalue weighted by molar-refractivity contribution is 7.92. The van der Waals surface area contributed by atoms with Gasteiger partial charge >= 0.3 is 0 Å². The minimum Gasteiger partial charge on any atom is -0.352 e. The minimum absolute atomic E-state index is 0.0611. The summed E-state index contributed by atoms with van der Waals surface area (Å²) >= 11 is 6.46. The number of benzene rings is 3. The Morgan fingerprint density at radius 3 is 2.20 bits per heavy atom. The second-order valence-corrected chi connectivity index (χ2v) is 12.9. The molecular weight excluding hydrogens is 558 g/mol. The molecule has 1 unspecified atom stereocenters. The first-order valence-corrected chi connectivity index (χ1v) is 15.9.